The van der Waals surface area contributed by atoms with Crippen molar-refractivity contribution < 1.29 is 4.74 Å². The molecule has 0 aliphatic heterocycles. The van der Waals surface area contributed by atoms with Crippen molar-refractivity contribution in [3.63, 3.8) is 0 Å². The summed E-state index contributed by atoms with van der Waals surface area (Å²) in [6.45, 7) is 0. The summed E-state index contributed by atoms with van der Waals surface area (Å²) in [6, 6.07) is 21.8. The van der Waals surface area contributed by atoms with Crippen molar-refractivity contribution in [2.24, 2.45) is 0 Å². The van der Waals surface area contributed by atoms with E-state index < -0.39 is 0 Å². The molecule has 0 saturated heterocycles. The molecule has 0 spiro atoms. The Morgan fingerprint density at radius 2 is 1.81 bits per heavy atom. The summed E-state index contributed by atoms with van der Waals surface area (Å²) in [7, 11) is 1.63. The van der Waals surface area contributed by atoms with E-state index in [1.54, 1.807) is 7.11 Å². The van der Waals surface area contributed by atoms with E-state index in [1.165, 1.54) is 11.8 Å². The van der Waals surface area contributed by atoms with Crippen LogP contribution in [0.3, 0.4) is 0 Å². The number of rotatable bonds is 5. The van der Waals surface area contributed by atoms with Crippen molar-refractivity contribution in [1.29, 1.82) is 5.26 Å². The maximum atomic E-state index is 9.74. The van der Waals surface area contributed by atoms with Gasteiger partial charge in [-0.15, -0.1) is 6.42 Å². The number of pyridine rings is 1. The summed E-state index contributed by atoms with van der Waals surface area (Å²) < 4.78 is 5.23. The topological polar surface area (TPSA) is 45.9 Å². The van der Waals surface area contributed by atoms with Crippen LogP contribution in [0.2, 0.25) is 0 Å². The number of methoxy groups -OCH3 is 1. The van der Waals surface area contributed by atoms with Gasteiger partial charge in [0.15, 0.2) is 0 Å². The second-order valence-corrected chi connectivity index (χ2v) is 6.40. The predicted molar refractivity (Wildman–Crippen MR) is 106 cm³/mol. The molecule has 126 valence electrons. The number of thioether (sulfide) groups is 1. The van der Waals surface area contributed by atoms with Crippen molar-refractivity contribution in [2.45, 2.75) is 5.03 Å². The first-order chi connectivity index (χ1) is 12.8. The minimum Gasteiger partial charge on any atom is -0.497 e. The number of terminal acetylenes is 1. The zero-order valence-electron chi connectivity index (χ0n) is 14.3. The summed E-state index contributed by atoms with van der Waals surface area (Å²) >= 11 is 1.40. The average molecular weight is 356 g/mol. The van der Waals surface area contributed by atoms with E-state index in [-0.39, 0.29) is 0 Å². The third kappa shape index (κ3) is 3.72. The van der Waals surface area contributed by atoms with Gasteiger partial charge in [0, 0.05) is 11.1 Å². The highest BCUT2D eigenvalue weighted by atomic mass is 32.2. The lowest BCUT2D eigenvalue weighted by Crippen LogP contribution is -1.96. The minimum absolute atomic E-state index is 0.460. The zero-order valence-corrected chi connectivity index (χ0v) is 15.1. The molecule has 0 saturated carbocycles. The molecule has 0 unspecified atom stereocenters. The van der Waals surface area contributed by atoms with Gasteiger partial charge in [0.05, 0.1) is 24.1 Å². The van der Waals surface area contributed by atoms with Gasteiger partial charge in [0.1, 0.15) is 16.8 Å². The Labute approximate surface area is 157 Å². The molecule has 1 heterocycles. The Morgan fingerprint density at radius 1 is 1.08 bits per heavy atom. The molecular formula is C22H16N2OS. The molecule has 0 amide bonds. The number of hydrogen-bond donors (Lipinski definition) is 0. The van der Waals surface area contributed by atoms with Gasteiger partial charge in [0.2, 0.25) is 0 Å². The van der Waals surface area contributed by atoms with Crippen LogP contribution in [0.25, 0.3) is 22.4 Å². The van der Waals surface area contributed by atoms with Gasteiger partial charge in [-0.05, 0) is 23.8 Å². The van der Waals surface area contributed by atoms with E-state index in [4.69, 9.17) is 16.1 Å². The Balaban J connectivity index is 2.20. The van der Waals surface area contributed by atoms with Gasteiger partial charge in [-0.2, -0.15) is 5.26 Å². The Kier molecular flexibility index (Phi) is 5.59. The number of ether oxygens (including phenoxy) is 1. The fraction of sp³-hybridized carbons (Fsp3) is 0.0909. The molecule has 0 fully saturated rings. The van der Waals surface area contributed by atoms with Gasteiger partial charge >= 0.3 is 0 Å². The summed E-state index contributed by atoms with van der Waals surface area (Å²) in [5.74, 6) is 3.83. The molecule has 0 aliphatic carbocycles. The van der Waals surface area contributed by atoms with Crippen molar-refractivity contribution in [3.8, 4) is 46.5 Å². The molecule has 0 bridgehead atoms. The quantitative estimate of drug-likeness (QED) is 0.476. The normalized spacial score (nSPS) is 9.96. The summed E-state index contributed by atoms with van der Waals surface area (Å²) in [4.78, 5) is 4.69. The lowest BCUT2D eigenvalue weighted by molar-refractivity contribution is 0.415. The number of nitrogens with zero attached hydrogens (tertiary/aromatic N) is 2. The van der Waals surface area contributed by atoms with Crippen LogP contribution in [0.4, 0.5) is 0 Å². The molecule has 3 rings (SSSR count). The Hall–Kier alpha value is -3.21. The molecule has 0 radical (unpaired) electrons. The van der Waals surface area contributed by atoms with Crippen molar-refractivity contribution in [1.82, 2.24) is 4.98 Å². The maximum Gasteiger partial charge on any atom is 0.118 e. The molecule has 0 aliphatic rings. The van der Waals surface area contributed by atoms with Crippen LogP contribution in [-0.4, -0.2) is 17.8 Å². The molecule has 0 N–H and O–H groups in total. The highest BCUT2D eigenvalue weighted by Crippen LogP contribution is 2.34. The highest BCUT2D eigenvalue weighted by Gasteiger charge is 2.15. The van der Waals surface area contributed by atoms with E-state index in [2.05, 4.69) is 12.0 Å². The molecule has 3 aromatic rings. The fourth-order valence-electron chi connectivity index (χ4n) is 2.60. The highest BCUT2D eigenvalue weighted by molar-refractivity contribution is 7.99. The van der Waals surface area contributed by atoms with Crippen LogP contribution in [0.5, 0.6) is 5.75 Å². The van der Waals surface area contributed by atoms with Gasteiger partial charge in [-0.1, -0.05) is 60.1 Å². The molecule has 26 heavy (non-hydrogen) atoms. The number of hydrogen-bond acceptors (Lipinski definition) is 4. The average Bonchev–Trinajstić information content (AvgIpc) is 2.72. The monoisotopic (exact) mass is 356 g/mol. The third-order valence-corrected chi connectivity index (χ3v) is 4.74. The predicted octanol–water partition coefficient (Wildman–Crippen LogP) is 5.02. The fourth-order valence-corrected chi connectivity index (χ4v) is 3.28. The van der Waals surface area contributed by atoms with E-state index in [9.17, 15) is 5.26 Å². The minimum atomic E-state index is 0.460. The molecule has 1 aromatic heterocycles. The van der Waals surface area contributed by atoms with Crippen molar-refractivity contribution >= 4 is 11.8 Å². The largest absolute Gasteiger partial charge is 0.497 e. The van der Waals surface area contributed by atoms with Gasteiger partial charge in [-0.25, -0.2) is 4.98 Å². The summed E-state index contributed by atoms with van der Waals surface area (Å²) in [5, 5.41) is 10.4. The third-order valence-electron chi connectivity index (χ3n) is 3.86. The Bertz CT molecular complexity index is 984. The van der Waals surface area contributed by atoms with Crippen LogP contribution in [-0.2, 0) is 0 Å². The second-order valence-electron chi connectivity index (χ2n) is 5.43. The van der Waals surface area contributed by atoms with Gasteiger partial charge < -0.3 is 4.74 Å². The first-order valence-electron chi connectivity index (χ1n) is 7.98. The molecule has 0 atom stereocenters. The van der Waals surface area contributed by atoms with Gasteiger partial charge in [0.25, 0.3) is 0 Å². The Morgan fingerprint density at radius 3 is 2.42 bits per heavy atom. The van der Waals surface area contributed by atoms with E-state index in [1.807, 2.05) is 60.7 Å². The number of nitriles is 1. The lowest BCUT2D eigenvalue weighted by atomic mass is 9.99. The smallest absolute Gasteiger partial charge is 0.118 e. The number of aromatic nitrogens is 1. The molecule has 3 nitrogen and oxygen atoms in total. The first kappa shape index (κ1) is 17.6. The van der Waals surface area contributed by atoms with Crippen LogP contribution < -0.4 is 4.74 Å². The standard InChI is InChI=1S/C22H16N2OS/c1-3-13-26-22-20(15-23)19(16-9-11-18(25-2)12-10-16)14-21(24-22)17-7-5-4-6-8-17/h1,4-12,14H,13H2,2H3. The summed E-state index contributed by atoms with van der Waals surface area (Å²) in [5.41, 5.74) is 4.12. The van der Waals surface area contributed by atoms with Crippen molar-refractivity contribution in [3.05, 3.63) is 66.2 Å². The SMILES string of the molecule is C#CCSc1nc(-c2ccccc2)cc(-c2ccc(OC)cc2)c1C#N. The zero-order chi connectivity index (χ0) is 18.4. The number of benzene rings is 2. The second kappa shape index (κ2) is 8.25. The maximum absolute atomic E-state index is 9.74. The molecule has 2 aromatic carbocycles. The van der Waals surface area contributed by atoms with E-state index >= 15 is 0 Å². The van der Waals surface area contributed by atoms with Crippen LogP contribution in [0.1, 0.15) is 5.56 Å². The van der Waals surface area contributed by atoms with Crippen molar-refractivity contribution in [2.75, 3.05) is 12.9 Å². The van der Waals surface area contributed by atoms with Crippen LogP contribution >= 0.6 is 11.8 Å². The van der Waals surface area contributed by atoms with E-state index in [0.29, 0.717) is 16.3 Å². The molecule has 4 heteroatoms. The molecular weight excluding hydrogens is 340 g/mol. The lowest BCUT2D eigenvalue weighted by Gasteiger charge is -2.12. The van der Waals surface area contributed by atoms with E-state index in [0.717, 1.165) is 28.1 Å². The van der Waals surface area contributed by atoms with Crippen LogP contribution in [0, 0.1) is 23.7 Å². The summed E-state index contributed by atoms with van der Waals surface area (Å²) in [6.07, 6.45) is 5.40. The van der Waals surface area contributed by atoms with Crippen LogP contribution in [0.15, 0.2) is 65.7 Å². The first-order valence-corrected chi connectivity index (χ1v) is 8.96. The van der Waals surface area contributed by atoms with Gasteiger partial charge in [-0.3, -0.25) is 0 Å².